The van der Waals surface area contributed by atoms with Crippen molar-refractivity contribution in [3.63, 3.8) is 0 Å². The van der Waals surface area contributed by atoms with Gasteiger partial charge in [0.1, 0.15) is 5.82 Å². The van der Waals surface area contributed by atoms with E-state index < -0.39 is 0 Å². The molecule has 2 nitrogen and oxygen atoms in total. The standard InChI is InChI=1S/C15H16BrFN2/c1-3-19(14-7-5-4-6-10(14)2)15-9-12(17)11(16)8-13(15)18/h4-9H,3,18H2,1-2H3. The number of hydrogen-bond donors (Lipinski definition) is 1. The topological polar surface area (TPSA) is 29.3 Å². The van der Waals surface area contributed by atoms with Crippen LogP contribution in [0.25, 0.3) is 0 Å². The molecule has 0 spiro atoms. The molecule has 100 valence electrons. The number of aryl methyl sites for hydroxylation is 1. The molecule has 0 saturated heterocycles. The molecule has 19 heavy (non-hydrogen) atoms. The number of nitrogens with two attached hydrogens (primary N) is 1. The predicted octanol–water partition coefficient (Wildman–Crippen LogP) is 4.64. The van der Waals surface area contributed by atoms with Gasteiger partial charge in [0.05, 0.1) is 15.8 Å². The number of anilines is 3. The van der Waals surface area contributed by atoms with Crippen LogP contribution in [0, 0.1) is 12.7 Å². The highest BCUT2D eigenvalue weighted by molar-refractivity contribution is 9.10. The molecule has 0 amide bonds. The summed E-state index contributed by atoms with van der Waals surface area (Å²) in [7, 11) is 0. The van der Waals surface area contributed by atoms with Crippen molar-refractivity contribution in [2.75, 3.05) is 17.2 Å². The zero-order valence-corrected chi connectivity index (χ0v) is 12.5. The van der Waals surface area contributed by atoms with Crippen LogP contribution in [0.4, 0.5) is 21.5 Å². The first-order chi connectivity index (χ1) is 9.04. The van der Waals surface area contributed by atoms with Gasteiger partial charge in [0, 0.05) is 18.3 Å². The molecule has 0 aliphatic carbocycles. The summed E-state index contributed by atoms with van der Waals surface area (Å²) in [5.74, 6) is -0.309. The van der Waals surface area contributed by atoms with E-state index in [1.165, 1.54) is 6.07 Å². The van der Waals surface area contributed by atoms with Crippen LogP contribution in [0.5, 0.6) is 0 Å². The molecule has 0 unspecified atom stereocenters. The second-order valence-corrected chi connectivity index (χ2v) is 5.21. The number of nitrogens with zero attached hydrogens (tertiary/aromatic N) is 1. The lowest BCUT2D eigenvalue weighted by atomic mass is 10.1. The van der Waals surface area contributed by atoms with Crippen LogP contribution in [0.1, 0.15) is 12.5 Å². The SMILES string of the molecule is CCN(c1ccccc1C)c1cc(F)c(Br)cc1N. The Labute approximate surface area is 121 Å². The van der Waals surface area contributed by atoms with Gasteiger partial charge in [-0.15, -0.1) is 0 Å². The molecule has 0 aliphatic heterocycles. The normalized spacial score (nSPS) is 10.5. The Balaban J connectivity index is 2.55. The Bertz CT molecular complexity index is 599. The monoisotopic (exact) mass is 322 g/mol. The van der Waals surface area contributed by atoms with Crippen LogP contribution in [0.2, 0.25) is 0 Å². The summed E-state index contributed by atoms with van der Waals surface area (Å²) in [5, 5.41) is 0. The fourth-order valence-electron chi connectivity index (χ4n) is 2.12. The molecule has 0 atom stereocenters. The van der Waals surface area contributed by atoms with Gasteiger partial charge >= 0.3 is 0 Å². The van der Waals surface area contributed by atoms with Crippen molar-refractivity contribution in [3.8, 4) is 0 Å². The summed E-state index contributed by atoms with van der Waals surface area (Å²) in [6.45, 7) is 4.77. The fraction of sp³-hybridized carbons (Fsp3) is 0.200. The van der Waals surface area contributed by atoms with Crippen LogP contribution in [-0.2, 0) is 0 Å². The molecule has 0 aliphatic rings. The van der Waals surface area contributed by atoms with Crippen LogP contribution < -0.4 is 10.6 Å². The maximum absolute atomic E-state index is 13.7. The van der Waals surface area contributed by atoms with Crippen LogP contribution >= 0.6 is 15.9 Å². The fourth-order valence-corrected chi connectivity index (χ4v) is 2.48. The van der Waals surface area contributed by atoms with Crippen molar-refractivity contribution in [1.29, 1.82) is 0 Å². The van der Waals surface area contributed by atoms with E-state index in [1.807, 2.05) is 43.0 Å². The van der Waals surface area contributed by atoms with Gasteiger partial charge in [-0.1, -0.05) is 18.2 Å². The van der Waals surface area contributed by atoms with Crippen molar-refractivity contribution in [3.05, 3.63) is 52.3 Å². The lowest BCUT2D eigenvalue weighted by Crippen LogP contribution is -2.18. The van der Waals surface area contributed by atoms with Crippen molar-refractivity contribution in [1.82, 2.24) is 0 Å². The maximum atomic E-state index is 13.7. The predicted molar refractivity (Wildman–Crippen MR) is 82.4 cm³/mol. The third-order valence-electron chi connectivity index (χ3n) is 3.08. The molecular formula is C15H16BrFN2. The second-order valence-electron chi connectivity index (χ2n) is 4.36. The summed E-state index contributed by atoms with van der Waals surface area (Å²) >= 11 is 3.15. The Kier molecular flexibility index (Phi) is 4.10. The molecule has 0 aromatic heterocycles. The summed E-state index contributed by atoms with van der Waals surface area (Å²) in [5.41, 5.74) is 9.43. The first-order valence-electron chi connectivity index (χ1n) is 6.12. The van der Waals surface area contributed by atoms with Gasteiger partial charge in [0.2, 0.25) is 0 Å². The molecule has 2 aromatic rings. The highest BCUT2D eigenvalue weighted by Gasteiger charge is 2.14. The minimum Gasteiger partial charge on any atom is -0.397 e. The average molecular weight is 323 g/mol. The van der Waals surface area contributed by atoms with Crippen LogP contribution in [0.15, 0.2) is 40.9 Å². The largest absolute Gasteiger partial charge is 0.397 e. The van der Waals surface area contributed by atoms with Gasteiger partial charge in [-0.25, -0.2) is 4.39 Å². The van der Waals surface area contributed by atoms with E-state index >= 15 is 0 Å². The number of nitrogen functional groups attached to an aromatic ring is 1. The molecule has 2 aromatic carbocycles. The van der Waals surface area contributed by atoms with Gasteiger partial charge in [-0.3, -0.25) is 0 Å². The minimum atomic E-state index is -0.309. The Morgan fingerprint density at radius 3 is 2.53 bits per heavy atom. The number of para-hydroxylation sites is 1. The molecule has 2 rings (SSSR count). The van der Waals surface area contributed by atoms with Gasteiger partial charge < -0.3 is 10.6 Å². The highest BCUT2D eigenvalue weighted by Crippen LogP contribution is 2.35. The summed E-state index contributed by atoms with van der Waals surface area (Å²) in [6, 6.07) is 11.1. The zero-order chi connectivity index (χ0) is 14.0. The average Bonchev–Trinajstić information content (AvgIpc) is 2.38. The highest BCUT2D eigenvalue weighted by atomic mass is 79.9. The Hall–Kier alpha value is -1.55. The number of rotatable bonds is 3. The molecule has 4 heteroatoms. The van der Waals surface area contributed by atoms with E-state index in [0.29, 0.717) is 15.8 Å². The molecule has 0 radical (unpaired) electrons. The summed E-state index contributed by atoms with van der Waals surface area (Å²) in [6.07, 6.45) is 0. The van der Waals surface area contributed by atoms with Gasteiger partial charge in [-0.05, 0) is 47.5 Å². The first kappa shape index (κ1) is 13.9. The van der Waals surface area contributed by atoms with Crippen molar-refractivity contribution in [2.24, 2.45) is 0 Å². The van der Waals surface area contributed by atoms with Crippen LogP contribution in [-0.4, -0.2) is 6.54 Å². The number of benzene rings is 2. The number of hydrogen-bond acceptors (Lipinski definition) is 2. The lowest BCUT2D eigenvalue weighted by molar-refractivity contribution is 0.621. The van der Waals surface area contributed by atoms with E-state index in [4.69, 9.17) is 5.73 Å². The van der Waals surface area contributed by atoms with E-state index in [-0.39, 0.29) is 5.82 Å². The van der Waals surface area contributed by atoms with Gasteiger partial charge in [0.15, 0.2) is 0 Å². The molecule has 0 bridgehead atoms. The van der Waals surface area contributed by atoms with E-state index in [1.54, 1.807) is 6.07 Å². The number of halogens is 2. The third kappa shape index (κ3) is 2.73. The minimum absolute atomic E-state index is 0.309. The molecule has 0 saturated carbocycles. The van der Waals surface area contributed by atoms with Crippen molar-refractivity contribution < 1.29 is 4.39 Å². The van der Waals surface area contributed by atoms with Crippen molar-refractivity contribution in [2.45, 2.75) is 13.8 Å². The van der Waals surface area contributed by atoms with Gasteiger partial charge in [-0.2, -0.15) is 0 Å². The van der Waals surface area contributed by atoms with E-state index in [2.05, 4.69) is 15.9 Å². The molecule has 0 fully saturated rings. The Morgan fingerprint density at radius 1 is 1.21 bits per heavy atom. The summed E-state index contributed by atoms with van der Waals surface area (Å²) in [4.78, 5) is 2.01. The summed E-state index contributed by atoms with van der Waals surface area (Å²) < 4.78 is 14.1. The van der Waals surface area contributed by atoms with Crippen LogP contribution in [0.3, 0.4) is 0 Å². The lowest BCUT2D eigenvalue weighted by Gasteiger charge is -2.26. The molecular weight excluding hydrogens is 307 g/mol. The van der Waals surface area contributed by atoms with Gasteiger partial charge in [0.25, 0.3) is 0 Å². The quantitative estimate of drug-likeness (QED) is 0.834. The molecule has 2 N–H and O–H groups in total. The Morgan fingerprint density at radius 2 is 1.89 bits per heavy atom. The maximum Gasteiger partial charge on any atom is 0.139 e. The second kappa shape index (κ2) is 5.61. The zero-order valence-electron chi connectivity index (χ0n) is 11.0. The smallest absolute Gasteiger partial charge is 0.139 e. The molecule has 0 heterocycles. The van der Waals surface area contributed by atoms with E-state index in [0.717, 1.165) is 17.8 Å². The first-order valence-corrected chi connectivity index (χ1v) is 6.91. The third-order valence-corrected chi connectivity index (χ3v) is 3.69. The van der Waals surface area contributed by atoms with E-state index in [9.17, 15) is 4.39 Å². The van der Waals surface area contributed by atoms with Crippen molar-refractivity contribution >= 4 is 33.0 Å².